The first-order valence-electron chi connectivity index (χ1n) is 8.46. The number of hydrogen-bond acceptors (Lipinski definition) is 5. The predicted molar refractivity (Wildman–Crippen MR) is 89.8 cm³/mol. The highest BCUT2D eigenvalue weighted by molar-refractivity contribution is 5.95. The number of rotatable bonds is 5. The molecule has 1 aromatic carbocycles. The molecule has 2 aliphatic heterocycles. The number of carbonyl (C=O) groups is 2. The molecule has 0 radical (unpaired) electrons. The summed E-state index contributed by atoms with van der Waals surface area (Å²) in [5, 5.41) is 15.1. The lowest BCUT2D eigenvalue weighted by molar-refractivity contribution is -0.142. The number of urea groups is 1. The second kappa shape index (κ2) is 7.57. The predicted octanol–water partition coefficient (Wildman–Crippen LogP) is 2.13. The fourth-order valence-electron chi connectivity index (χ4n) is 3.11. The van der Waals surface area contributed by atoms with Crippen LogP contribution in [0.4, 0.5) is 4.79 Å². The third-order valence-corrected chi connectivity index (χ3v) is 4.35. The van der Waals surface area contributed by atoms with Gasteiger partial charge in [0.25, 0.3) is 0 Å². The van der Waals surface area contributed by atoms with E-state index >= 15 is 0 Å². The van der Waals surface area contributed by atoms with E-state index in [-0.39, 0.29) is 24.5 Å². The molecular weight excluding hydrogens is 324 g/mol. The molecule has 1 aromatic rings. The summed E-state index contributed by atoms with van der Waals surface area (Å²) in [6.45, 7) is 2.74. The Balaban J connectivity index is 1.86. The van der Waals surface area contributed by atoms with E-state index in [1.165, 1.54) is 12.1 Å². The zero-order valence-electron chi connectivity index (χ0n) is 14.1. The molecule has 0 aliphatic carbocycles. The van der Waals surface area contributed by atoms with Crippen LogP contribution in [0.3, 0.4) is 0 Å². The molecule has 7 nitrogen and oxygen atoms in total. The van der Waals surface area contributed by atoms with Gasteiger partial charge in [0.05, 0.1) is 17.7 Å². The smallest absolute Gasteiger partial charge is 0.338 e. The molecule has 1 saturated heterocycles. The number of benzene rings is 1. The zero-order chi connectivity index (χ0) is 17.8. The number of amides is 2. The Hall–Kier alpha value is -2.54. The van der Waals surface area contributed by atoms with Gasteiger partial charge in [0.15, 0.2) is 0 Å². The van der Waals surface area contributed by atoms with Crippen molar-refractivity contribution in [2.24, 2.45) is 0 Å². The van der Waals surface area contributed by atoms with Crippen molar-refractivity contribution >= 4 is 12.0 Å². The maximum atomic E-state index is 12.7. The Morgan fingerprint density at radius 3 is 2.96 bits per heavy atom. The van der Waals surface area contributed by atoms with Gasteiger partial charge in [-0.25, -0.2) is 9.59 Å². The summed E-state index contributed by atoms with van der Waals surface area (Å²) in [4.78, 5) is 24.7. The summed E-state index contributed by atoms with van der Waals surface area (Å²) in [7, 11) is 0. The van der Waals surface area contributed by atoms with Gasteiger partial charge in [-0.3, -0.25) is 0 Å². The second-order valence-corrected chi connectivity index (χ2v) is 6.11. The summed E-state index contributed by atoms with van der Waals surface area (Å²) < 4.78 is 10.9. The van der Waals surface area contributed by atoms with Gasteiger partial charge in [-0.1, -0.05) is 19.1 Å². The fraction of sp³-hybridized carbons (Fsp3) is 0.444. The average molecular weight is 346 g/mol. The van der Waals surface area contributed by atoms with E-state index in [1.807, 2.05) is 6.92 Å². The molecular formula is C18H22N2O5. The van der Waals surface area contributed by atoms with Gasteiger partial charge in [-0.15, -0.1) is 0 Å². The molecule has 2 amide bonds. The van der Waals surface area contributed by atoms with E-state index < -0.39 is 12.0 Å². The first kappa shape index (κ1) is 17.3. The number of aromatic hydroxyl groups is 1. The van der Waals surface area contributed by atoms with Gasteiger partial charge < -0.3 is 25.2 Å². The number of allylic oxidation sites excluding steroid dienone is 1. The van der Waals surface area contributed by atoms with Crippen molar-refractivity contribution in [2.75, 3.05) is 13.2 Å². The standard InChI is InChI=1S/C18H22N2O5/c1-2-14-15(17(22)25-10-13-7-4-8-24-13)16(20-18(23)19-14)11-5-3-6-12(21)9-11/h3,5-6,9,13,16,21H,2,4,7-8,10H2,1H3,(H2,19,20,23)/t13-,16?/m0/s1. The number of phenolic OH excluding ortho intramolecular Hbond substituents is 1. The van der Waals surface area contributed by atoms with Crippen LogP contribution in [0.2, 0.25) is 0 Å². The maximum Gasteiger partial charge on any atom is 0.338 e. The average Bonchev–Trinajstić information content (AvgIpc) is 3.12. The number of ether oxygens (including phenoxy) is 2. The molecule has 1 unspecified atom stereocenters. The number of nitrogens with one attached hydrogen (secondary N) is 2. The minimum absolute atomic E-state index is 0.0652. The van der Waals surface area contributed by atoms with E-state index in [2.05, 4.69) is 10.6 Å². The molecule has 3 rings (SSSR count). The quantitative estimate of drug-likeness (QED) is 0.710. The summed E-state index contributed by atoms with van der Waals surface area (Å²) in [6.07, 6.45) is 2.25. The Bertz CT molecular complexity index is 694. The van der Waals surface area contributed by atoms with Crippen molar-refractivity contribution in [1.29, 1.82) is 0 Å². The zero-order valence-corrected chi connectivity index (χ0v) is 14.1. The summed E-state index contributed by atoms with van der Waals surface area (Å²) in [6, 6.07) is 5.41. The number of esters is 1. The van der Waals surface area contributed by atoms with Crippen LogP contribution in [0.1, 0.15) is 37.8 Å². The fourth-order valence-corrected chi connectivity index (χ4v) is 3.11. The summed E-state index contributed by atoms with van der Waals surface area (Å²) >= 11 is 0. The minimum atomic E-state index is -0.673. The highest BCUT2D eigenvalue weighted by Gasteiger charge is 2.33. The van der Waals surface area contributed by atoms with Crippen molar-refractivity contribution < 1.29 is 24.2 Å². The molecule has 0 bridgehead atoms. The Labute approximate surface area is 146 Å². The van der Waals surface area contributed by atoms with Crippen LogP contribution in [0, 0.1) is 0 Å². The molecule has 2 heterocycles. The summed E-state index contributed by atoms with van der Waals surface area (Å²) in [5.74, 6) is -0.427. The molecule has 0 aromatic heterocycles. The van der Waals surface area contributed by atoms with E-state index in [1.54, 1.807) is 12.1 Å². The Kier molecular flexibility index (Phi) is 5.23. The van der Waals surface area contributed by atoms with Gasteiger partial charge in [-0.05, 0) is 37.0 Å². The molecule has 134 valence electrons. The highest BCUT2D eigenvalue weighted by Crippen LogP contribution is 2.30. The minimum Gasteiger partial charge on any atom is -0.508 e. The van der Waals surface area contributed by atoms with Crippen molar-refractivity contribution in [1.82, 2.24) is 10.6 Å². The van der Waals surface area contributed by atoms with E-state index in [9.17, 15) is 14.7 Å². The lowest BCUT2D eigenvalue weighted by Crippen LogP contribution is -2.46. The van der Waals surface area contributed by atoms with Gasteiger partial charge >= 0.3 is 12.0 Å². The monoisotopic (exact) mass is 346 g/mol. The van der Waals surface area contributed by atoms with Crippen LogP contribution in [0.15, 0.2) is 35.5 Å². The van der Waals surface area contributed by atoms with Gasteiger partial charge in [-0.2, -0.15) is 0 Å². The molecule has 0 saturated carbocycles. The Morgan fingerprint density at radius 2 is 2.28 bits per heavy atom. The Morgan fingerprint density at radius 1 is 1.44 bits per heavy atom. The molecule has 2 atom stereocenters. The molecule has 2 aliphatic rings. The van der Waals surface area contributed by atoms with E-state index in [0.29, 0.717) is 29.9 Å². The normalized spacial score (nSPS) is 23.2. The van der Waals surface area contributed by atoms with Crippen LogP contribution >= 0.6 is 0 Å². The molecule has 7 heteroatoms. The van der Waals surface area contributed by atoms with Crippen LogP contribution in [0.5, 0.6) is 5.75 Å². The molecule has 25 heavy (non-hydrogen) atoms. The van der Waals surface area contributed by atoms with E-state index in [4.69, 9.17) is 9.47 Å². The highest BCUT2D eigenvalue weighted by atomic mass is 16.6. The number of phenols is 1. The van der Waals surface area contributed by atoms with Crippen molar-refractivity contribution in [2.45, 2.75) is 38.3 Å². The van der Waals surface area contributed by atoms with E-state index in [0.717, 1.165) is 12.8 Å². The SMILES string of the molecule is CCC1=C(C(=O)OC[C@@H]2CCCO2)C(c2cccc(O)c2)NC(=O)N1. The van der Waals surface area contributed by atoms with Crippen molar-refractivity contribution in [3.63, 3.8) is 0 Å². The van der Waals surface area contributed by atoms with Crippen molar-refractivity contribution in [3.8, 4) is 5.75 Å². The van der Waals surface area contributed by atoms with Crippen LogP contribution < -0.4 is 10.6 Å². The van der Waals surface area contributed by atoms with Crippen molar-refractivity contribution in [3.05, 3.63) is 41.1 Å². The molecule has 0 spiro atoms. The first-order valence-corrected chi connectivity index (χ1v) is 8.46. The summed E-state index contributed by atoms with van der Waals surface area (Å²) in [5.41, 5.74) is 1.49. The third-order valence-electron chi connectivity index (χ3n) is 4.35. The number of hydrogen-bond donors (Lipinski definition) is 3. The third kappa shape index (κ3) is 3.93. The second-order valence-electron chi connectivity index (χ2n) is 6.11. The largest absolute Gasteiger partial charge is 0.508 e. The van der Waals surface area contributed by atoms with Crippen LogP contribution in [0.25, 0.3) is 0 Å². The number of carbonyl (C=O) groups excluding carboxylic acids is 2. The van der Waals surface area contributed by atoms with Gasteiger partial charge in [0.2, 0.25) is 0 Å². The lowest BCUT2D eigenvalue weighted by atomic mass is 9.94. The van der Waals surface area contributed by atoms with Gasteiger partial charge in [0.1, 0.15) is 12.4 Å². The van der Waals surface area contributed by atoms with Crippen LogP contribution in [-0.4, -0.2) is 36.4 Å². The molecule has 1 fully saturated rings. The van der Waals surface area contributed by atoms with Crippen LogP contribution in [-0.2, 0) is 14.3 Å². The topological polar surface area (TPSA) is 96.9 Å². The van der Waals surface area contributed by atoms with Gasteiger partial charge in [0, 0.05) is 12.3 Å². The maximum absolute atomic E-state index is 12.7. The molecule has 3 N–H and O–H groups in total. The lowest BCUT2D eigenvalue weighted by Gasteiger charge is -2.29. The first-order chi connectivity index (χ1) is 12.1.